The van der Waals surface area contributed by atoms with Gasteiger partial charge in [0.15, 0.2) is 5.76 Å². The van der Waals surface area contributed by atoms with Crippen LogP contribution in [0.5, 0.6) is 0 Å². The van der Waals surface area contributed by atoms with Crippen molar-refractivity contribution in [2.45, 2.75) is 58.7 Å². The first-order valence-corrected chi connectivity index (χ1v) is 11.3. The number of ether oxygens (including phenoxy) is 5. The van der Waals surface area contributed by atoms with Crippen molar-refractivity contribution in [3.63, 3.8) is 0 Å². The summed E-state index contributed by atoms with van der Waals surface area (Å²) in [5, 5.41) is 11.5. The summed E-state index contributed by atoms with van der Waals surface area (Å²) in [6.07, 6.45) is 2.09. The molecule has 3 fully saturated rings. The number of carbonyl (C=O) groups is 1. The van der Waals surface area contributed by atoms with Gasteiger partial charge in [-0.05, 0) is 42.7 Å². The molecule has 5 aliphatic rings. The molecule has 1 N–H and O–H groups in total. The second-order valence-electron chi connectivity index (χ2n) is 10.4. The Labute approximate surface area is 183 Å². The topological polar surface area (TPSA) is 83.5 Å². The summed E-state index contributed by atoms with van der Waals surface area (Å²) >= 11 is 0. The molecule has 2 saturated heterocycles. The maximum atomic E-state index is 14.0. The van der Waals surface area contributed by atoms with E-state index in [9.17, 15) is 9.90 Å². The van der Waals surface area contributed by atoms with Crippen molar-refractivity contribution < 1.29 is 33.6 Å². The monoisotopic (exact) mass is 434 g/mol. The molecule has 172 valence electrons. The minimum atomic E-state index is -1.07. The van der Waals surface area contributed by atoms with Gasteiger partial charge < -0.3 is 28.8 Å². The summed E-state index contributed by atoms with van der Waals surface area (Å²) in [6.45, 7) is 9.28. The number of fused-ring (bicyclic) bond motifs is 2. The van der Waals surface area contributed by atoms with Gasteiger partial charge in [-0.25, -0.2) is 0 Å². The van der Waals surface area contributed by atoms with Crippen molar-refractivity contribution in [2.24, 2.45) is 34.5 Å². The Morgan fingerprint density at radius 2 is 1.81 bits per heavy atom. The molecule has 8 atom stereocenters. The first-order chi connectivity index (χ1) is 14.6. The van der Waals surface area contributed by atoms with Gasteiger partial charge in [0.1, 0.15) is 11.9 Å². The summed E-state index contributed by atoms with van der Waals surface area (Å²) in [6, 6.07) is 0. The van der Waals surface area contributed by atoms with Gasteiger partial charge in [0, 0.05) is 23.2 Å². The molecule has 3 aliphatic carbocycles. The quantitative estimate of drug-likeness (QED) is 0.715. The van der Waals surface area contributed by atoms with Crippen LogP contribution < -0.4 is 0 Å². The van der Waals surface area contributed by atoms with Crippen LogP contribution in [0.3, 0.4) is 0 Å². The molecular formula is C24H34O7. The van der Waals surface area contributed by atoms with Crippen LogP contribution in [0.15, 0.2) is 23.2 Å². The summed E-state index contributed by atoms with van der Waals surface area (Å²) in [5.74, 6) is -0.548. The molecule has 0 aromatic heterocycles. The van der Waals surface area contributed by atoms with E-state index in [0.717, 1.165) is 5.57 Å². The van der Waals surface area contributed by atoms with Crippen LogP contribution in [0.1, 0.15) is 40.5 Å². The maximum absolute atomic E-state index is 14.0. The lowest BCUT2D eigenvalue weighted by atomic mass is 9.39. The Hall–Kier alpha value is -1.41. The number of aliphatic hydroxyl groups is 1. The molecule has 1 saturated carbocycles. The van der Waals surface area contributed by atoms with E-state index in [1.54, 1.807) is 14.2 Å². The third-order valence-electron chi connectivity index (χ3n) is 9.19. The van der Waals surface area contributed by atoms with E-state index in [0.29, 0.717) is 37.6 Å². The van der Waals surface area contributed by atoms with Crippen LogP contribution in [-0.2, 0) is 28.5 Å². The number of ketones is 1. The summed E-state index contributed by atoms with van der Waals surface area (Å²) < 4.78 is 29.8. The predicted molar refractivity (Wildman–Crippen MR) is 110 cm³/mol. The fourth-order valence-corrected chi connectivity index (χ4v) is 7.79. The van der Waals surface area contributed by atoms with Gasteiger partial charge in [-0.1, -0.05) is 20.8 Å². The molecule has 7 heteroatoms. The molecule has 5 rings (SSSR count). The lowest BCUT2D eigenvalue weighted by Gasteiger charge is -2.67. The van der Waals surface area contributed by atoms with E-state index in [2.05, 4.69) is 13.8 Å². The number of methoxy groups -OCH3 is 2. The predicted octanol–water partition coefficient (Wildman–Crippen LogP) is 2.78. The van der Waals surface area contributed by atoms with E-state index in [-0.39, 0.29) is 29.6 Å². The first-order valence-electron chi connectivity index (χ1n) is 11.3. The highest BCUT2D eigenvalue weighted by Gasteiger charge is 2.73. The zero-order chi connectivity index (χ0) is 22.3. The highest BCUT2D eigenvalue weighted by atomic mass is 16.9. The average molecular weight is 435 g/mol. The largest absolute Gasteiger partial charge is 0.499 e. The molecule has 7 nitrogen and oxygen atoms in total. The zero-order valence-corrected chi connectivity index (χ0v) is 19.3. The third-order valence-corrected chi connectivity index (χ3v) is 9.19. The van der Waals surface area contributed by atoms with Gasteiger partial charge in [0.25, 0.3) is 5.97 Å². The number of carbonyl (C=O) groups excluding carboxylic acids is 1. The van der Waals surface area contributed by atoms with Crippen molar-refractivity contribution >= 4 is 5.78 Å². The number of rotatable bonds is 2. The SMILES string of the molecule is COC1=C[C@@H](C)[C@@H]2C[C@H]3OC4(C[C@H]5C(C)=C(OC)C(=O)[C@@H]([C@@]35C)[C@@]2(C)[C@@H]1O)OCCO4. The van der Waals surface area contributed by atoms with Crippen molar-refractivity contribution in [1.82, 2.24) is 0 Å². The molecule has 0 amide bonds. The normalized spacial score (nSPS) is 48.2. The van der Waals surface area contributed by atoms with E-state index in [4.69, 9.17) is 23.7 Å². The standard InChI is InChI=1S/C24H34O7/c1-12-9-16(27-5)21(26)23(4)14(12)10-17-22(3)15(11-24(31-17)29-7-8-30-24)13(2)19(28-6)18(25)20(22)23/h9,12,14-15,17,20-21,26H,7-8,10-11H2,1-6H3/t12-,14+,15+,17-,20+,21-,22-,23+/m1/s1. The Morgan fingerprint density at radius 3 is 2.42 bits per heavy atom. The van der Waals surface area contributed by atoms with Gasteiger partial charge in [-0.15, -0.1) is 0 Å². The van der Waals surface area contributed by atoms with Crippen LogP contribution in [0.25, 0.3) is 0 Å². The van der Waals surface area contributed by atoms with Crippen LogP contribution in [0, 0.1) is 34.5 Å². The van der Waals surface area contributed by atoms with Gasteiger partial charge in [-0.2, -0.15) is 0 Å². The van der Waals surface area contributed by atoms with E-state index >= 15 is 0 Å². The zero-order valence-electron chi connectivity index (χ0n) is 19.3. The average Bonchev–Trinajstić information content (AvgIpc) is 3.17. The van der Waals surface area contributed by atoms with Gasteiger partial charge in [-0.3, -0.25) is 4.79 Å². The summed E-state index contributed by atoms with van der Waals surface area (Å²) in [7, 11) is 3.13. The maximum Gasteiger partial charge on any atom is 0.283 e. The minimum Gasteiger partial charge on any atom is -0.499 e. The van der Waals surface area contributed by atoms with Crippen LogP contribution in [0.2, 0.25) is 0 Å². The second kappa shape index (κ2) is 6.80. The van der Waals surface area contributed by atoms with E-state index < -0.39 is 28.8 Å². The van der Waals surface area contributed by atoms with Crippen molar-refractivity contribution in [2.75, 3.05) is 27.4 Å². The molecule has 0 bridgehead atoms. The van der Waals surface area contributed by atoms with Crippen molar-refractivity contribution in [1.29, 1.82) is 0 Å². The Balaban J connectivity index is 1.72. The summed E-state index contributed by atoms with van der Waals surface area (Å²) in [4.78, 5) is 14.0. The molecule has 0 radical (unpaired) electrons. The number of hydrogen-bond donors (Lipinski definition) is 1. The number of hydrogen-bond acceptors (Lipinski definition) is 7. The Bertz CT molecular complexity index is 856. The highest BCUT2D eigenvalue weighted by Crippen LogP contribution is 2.69. The molecule has 0 aromatic carbocycles. The van der Waals surface area contributed by atoms with Crippen molar-refractivity contribution in [3.05, 3.63) is 23.2 Å². The number of Topliss-reactive ketones (excluding diaryl/α,β-unsaturated/α-hetero) is 1. The van der Waals surface area contributed by atoms with Crippen LogP contribution in [0.4, 0.5) is 0 Å². The molecule has 31 heavy (non-hydrogen) atoms. The number of aliphatic hydroxyl groups excluding tert-OH is 1. The van der Waals surface area contributed by atoms with Crippen molar-refractivity contribution in [3.8, 4) is 0 Å². The van der Waals surface area contributed by atoms with Crippen LogP contribution >= 0.6 is 0 Å². The van der Waals surface area contributed by atoms with E-state index in [1.807, 2.05) is 19.9 Å². The number of allylic oxidation sites excluding steroid dienone is 3. The van der Waals surface area contributed by atoms with Gasteiger partial charge >= 0.3 is 0 Å². The van der Waals surface area contributed by atoms with Crippen LogP contribution in [-0.4, -0.2) is 56.5 Å². The molecule has 1 spiro atoms. The van der Waals surface area contributed by atoms with Gasteiger partial charge in [0.05, 0.1) is 33.5 Å². The van der Waals surface area contributed by atoms with Gasteiger partial charge in [0.2, 0.25) is 5.78 Å². The minimum absolute atomic E-state index is 0.0285. The molecule has 0 unspecified atom stereocenters. The lowest BCUT2D eigenvalue weighted by molar-refractivity contribution is -0.408. The smallest absolute Gasteiger partial charge is 0.283 e. The molecule has 2 heterocycles. The Kier molecular flexibility index (Phi) is 4.70. The first kappa shape index (κ1) is 21.4. The summed E-state index contributed by atoms with van der Waals surface area (Å²) in [5.41, 5.74) is -0.317. The molecule has 0 aromatic rings. The molecular weight excluding hydrogens is 400 g/mol. The second-order valence-corrected chi connectivity index (χ2v) is 10.4. The fraction of sp³-hybridized carbons (Fsp3) is 0.792. The highest BCUT2D eigenvalue weighted by molar-refractivity contribution is 5.98. The Morgan fingerprint density at radius 1 is 1.13 bits per heavy atom. The lowest BCUT2D eigenvalue weighted by Crippen LogP contribution is -2.71. The molecule has 2 aliphatic heterocycles. The third kappa shape index (κ3) is 2.52. The fourth-order valence-electron chi connectivity index (χ4n) is 7.79. The van der Waals surface area contributed by atoms with E-state index in [1.165, 1.54) is 0 Å².